The molecule has 3 N–H and O–H groups in total. The number of rotatable bonds is 3. The minimum atomic E-state index is -0.164. The number of aromatic nitrogens is 1. The second kappa shape index (κ2) is 5.48. The van der Waals surface area contributed by atoms with Gasteiger partial charge in [0, 0.05) is 17.2 Å². The van der Waals surface area contributed by atoms with Gasteiger partial charge in [-0.1, -0.05) is 6.07 Å². The van der Waals surface area contributed by atoms with E-state index in [0.29, 0.717) is 17.9 Å². The first-order valence-electron chi connectivity index (χ1n) is 6.04. The van der Waals surface area contributed by atoms with Crippen molar-refractivity contribution >= 4 is 33.2 Å². The predicted octanol–water partition coefficient (Wildman–Crippen LogP) is 3.41. The third-order valence-corrected chi connectivity index (χ3v) is 3.52. The van der Waals surface area contributed by atoms with Gasteiger partial charge < -0.3 is 15.6 Å². The highest BCUT2D eigenvalue weighted by Gasteiger charge is 2.13. The Morgan fingerprint density at radius 1 is 1.42 bits per heavy atom. The molecule has 0 saturated carbocycles. The highest BCUT2D eigenvalue weighted by molar-refractivity contribution is 9.10. The molecule has 100 valence electrons. The van der Waals surface area contributed by atoms with Crippen molar-refractivity contribution in [2.45, 2.75) is 20.4 Å². The summed E-state index contributed by atoms with van der Waals surface area (Å²) in [5.74, 6) is -0.164. The molecule has 2 aromatic rings. The zero-order valence-corrected chi connectivity index (χ0v) is 12.5. The Balaban J connectivity index is 2.25. The zero-order chi connectivity index (χ0) is 14.0. The van der Waals surface area contributed by atoms with Crippen LogP contribution in [-0.4, -0.2) is 10.5 Å². The first-order valence-corrected chi connectivity index (χ1v) is 6.83. The molecule has 0 aliphatic rings. The van der Waals surface area contributed by atoms with E-state index in [1.165, 1.54) is 0 Å². The van der Waals surface area contributed by atoms with Crippen molar-refractivity contribution in [1.29, 1.82) is 0 Å². The Bertz CT molecular complexity index is 619. The van der Waals surface area contributed by atoms with E-state index in [1.54, 1.807) is 12.3 Å². The van der Waals surface area contributed by atoms with Gasteiger partial charge in [0.25, 0.3) is 5.91 Å². The number of carbonyl (C=O) groups excluding carboxylic acids is 1. The normalized spacial score (nSPS) is 10.5. The number of nitrogens with two attached hydrogens (primary N) is 1. The zero-order valence-electron chi connectivity index (χ0n) is 10.9. The van der Waals surface area contributed by atoms with Gasteiger partial charge in [0.05, 0.1) is 11.4 Å². The van der Waals surface area contributed by atoms with Crippen LogP contribution in [0.1, 0.15) is 23.0 Å². The molecule has 0 unspecified atom stereocenters. The summed E-state index contributed by atoms with van der Waals surface area (Å²) in [6.07, 6.45) is 1.76. The third kappa shape index (κ3) is 2.98. The molecule has 0 radical (unpaired) electrons. The molecular formula is C14H16BrN3O. The Morgan fingerprint density at radius 3 is 2.79 bits per heavy atom. The topological polar surface area (TPSA) is 60.0 Å². The van der Waals surface area contributed by atoms with Gasteiger partial charge in [-0.15, -0.1) is 0 Å². The summed E-state index contributed by atoms with van der Waals surface area (Å²) >= 11 is 3.44. The number of hydrogen-bond acceptors (Lipinski definition) is 2. The molecule has 0 atom stereocenters. The Labute approximate surface area is 120 Å². The van der Waals surface area contributed by atoms with Crippen molar-refractivity contribution in [1.82, 2.24) is 4.57 Å². The van der Waals surface area contributed by atoms with Crippen LogP contribution in [0.3, 0.4) is 0 Å². The lowest BCUT2D eigenvalue weighted by Gasteiger charge is -2.09. The minimum Gasteiger partial charge on any atom is -0.397 e. The predicted molar refractivity (Wildman–Crippen MR) is 81.4 cm³/mol. The largest absolute Gasteiger partial charge is 0.397 e. The van der Waals surface area contributed by atoms with E-state index in [4.69, 9.17) is 5.73 Å². The van der Waals surface area contributed by atoms with Crippen molar-refractivity contribution in [3.05, 3.63) is 46.2 Å². The Morgan fingerprint density at radius 2 is 2.16 bits per heavy atom. The monoisotopic (exact) mass is 321 g/mol. The van der Waals surface area contributed by atoms with E-state index in [0.717, 1.165) is 15.7 Å². The van der Waals surface area contributed by atoms with Crippen LogP contribution in [-0.2, 0) is 6.54 Å². The van der Waals surface area contributed by atoms with Crippen molar-refractivity contribution < 1.29 is 4.79 Å². The van der Waals surface area contributed by atoms with Gasteiger partial charge in [0.2, 0.25) is 0 Å². The van der Waals surface area contributed by atoms with Crippen LogP contribution in [0.4, 0.5) is 11.4 Å². The molecule has 1 heterocycles. The average molecular weight is 322 g/mol. The van der Waals surface area contributed by atoms with Crippen LogP contribution in [0.15, 0.2) is 34.9 Å². The number of hydrogen-bond donors (Lipinski definition) is 2. The molecule has 4 nitrogen and oxygen atoms in total. The van der Waals surface area contributed by atoms with E-state index >= 15 is 0 Å². The number of carbonyl (C=O) groups is 1. The maximum Gasteiger partial charge on any atom is 0.272 e. The quantitative estimate of drug-likeness (QED) is 0.910. The first-order chi connectivity index (χ1) is 9.01. The molecule has 0 aliphatic carbocycles. The Kier molecular flexibility index (Phi) is 3.95. The van der Waals surface area contributed by atoms with Crippen LogP contribution in [0.5, 0.6) is 0 Å². The van der Waals surface area contributed by atoms with E-state index in [1.807, 2.05) is 36.6 Å². The molecule has 1 aromatic heterocycles. The van der Waals surface area contributed by atoms with Crippen LogP contribution < -0.4 is 11.1 Å². The molecule has 0 spiro atoms. The lowest BCUT2D eigenvalue weighted by Crippen LogP contribution is -2.16. The van der Waals surface area contributed by atoms with E-state index in [9.17, 15) is 4.79 Å². The number of nitrogens with zero attached hydrogens (tertiary/aromatic N) is 1. The summed E-state index contributed by atoms with van der Waals surface area (Å²) in [4.78, 5) is 12.2. The maximum absolute atomic E-state index is 12.2. The van der Waals surface area contributed by atoms with Crippen LogP contribution in [0.2, 0.25) is 0 Å². The maximum atomic E-state index is 12.2. The second-order valence-electron chi connectivity index (χ2n) is 4.38. The smallest absolute Gasteiger partial charge is 0.272 e. The molecule has 0 saturated heterocycles. The van der Waals surface area contributed by atoms with Crippen LogP contribution >= 0.6 is 15.9 Å². The minimum absolute atomic E-state index is 0.164. The number of amides is 1. The summed E-state index contributed by atoms with van der Waals surface area (Å²) in [7, 11) is 0. The standard InChI is InChI=1S/C14H16BrN3O/c1-3-18-8-10(16)7-13(18)14(19)17-12-5-4-9(2)6-11(12)15/h4-8H,3,16H2,1-2H3,(H,17,19). The van der Waals surface area contributed by atoms with Gasteiger partial charge >= 0.3 is 0 Å². The van der Waals surface area contributed by atoms with Crippen molar-refractivity contribution in [2.75, 3.05) is 11.1 Å². The van der Waals surface area contributed by atoms with Crippen molar-refractivity contribution in [3.8, 4) is 0 Å². The van der Waals surface area contributed by atoms with Gasteiger partial charge in [-0.3, -0.25) is 4.79 Å². The number of aryl methyl sites for hydroxylation is 2. The molecular weight excluding hydrogens is 306 g/mol. The fourth-order valence-electron chi connectivity index (χ4n) is 1.89. The van der Waals surface area contributed by atoms with Crippen LogP contribution in [0.25, 0.3) is 0 Å². The van der Waals surface area contributed by atoms with Crippen LogP contribution in [0, 0.1) is 6.92 Å². The number of halogens is 1. The summed E-state index contributed by atoms with van der Waals surface area (Å²) in [5, 5.41) is 2.88. The van der Waals surface area contributed by atoms with E-state index in [2.05, 4.69) is 21.2 Å². The number of benzene rings is 1. The fraction of sp³-hybridized carbons (Fsp3) is 0.214. The molecule has 0 aliphatic heterocycles. The van der Waals surface area contributed by atoms with Gasteiger partial charge in [-0.2, -0.15) is 0 Å². The number of nitrogen functional groups attached to an aromatic ring is 1. The molecule has 5 heteroatoms. The molecule has 19 heavy (non-hydrogen) atoms. The summed E-state index contributed by atoms with van der Waals surface area (Å²) in [6.45, 7) is 4.67. The van der Waals surface area contributed by atoms with Gasteiger partial charge in [-0.25, -0.2) is 0 Å². The van der Waals surface area contributed by atoms with E-state index in [-0.39, 0.29) is 5.91 Å². The lowest BCUT2D eigenvalue weighted by atomic mass is 10.2. The van der Waals surface area contributed by atoms with E-state index < -0.39 is 0 Å². The first kappa shape index (κ1) is 13.7. The fourth-order valence-corrected chi connectivity index (χ4v) is 2.49. The van der Waals surface area contributed by atoms with Gasteiger partial charge in [0.1, 0.15) is 5.69 Å². The second-order valence-corrected chi connectivity index (χ2v) is 5.24. The lowest BCUT2D eigenvalue weighted by molar-refractivity contribution is 0.101. The van der Waals surface area contributed by atoms with Crippen molar-refractivity contribution in [3.63, 3.8) is 0 Å². The summed E-state index contributed by atoms with van der Waals surface area (Å²) < 4.78 is 2.69. The SMILES string of the molecule is CCn1cc(N)cc1C(=O)Nc1ccc(C)cc1Br. The highest BCUT2D eigenvalue weighted by Crippen LogP contribution is 2.24. The van der Waals surface area contributed by atoms with Gasteiger partial charge in [-0.05, 0) is 53.5 Å². The number of anilines is 2. The average Bonchev–Trinajstić information content (AvgIpc) is 2.74. The molecule has 2 rings (SSSR count). The third-order valence-electron chi connectivity index (χ3n) is 2.86. The molecule has 1 amide bonds. The Hall–Kier alpha value is -1.75. The molecule has 1 aromatic carbocycles. The molecule has 0 fully saturated rings. The highest BCUT2D eigenvalue weighted by atomic mass is 79.9. The number of nitrogens with one attached hydrogen (secondary N) is 1. The summed E-state index contributed by atoms with van der Waals surface area (Å²) in [5.41, 5.74) is 8.76. The van der Waals surface area contributed by atoms with Gasteiger partial charge in [0.15, 0.2) is 0 Å². The van der Waals surface area contributed by atoms with Crippen molar-refractivity contribution in [2.24, 2.45) is 0 Å². The summed E-state index contributed by atoms with van der Waals surface area (Å²) in [6, 6.07) is 7.47. The molecule has 0 bridgehead atoms.